The minimum absolute atomic E-state index is 0.0561. The summed E-state index contributed by atoms with van der Waals surface area (Å²) in [6, 6.07) is 11.3. The molecule has 0 amide bonds. The summed E-state index contributed by atoms with van der Waals surface area (Å²) in [7, 11) is 1.81. The summed E-state index contributed by atoms with van der Waals surface area (Å²) in [6.07, 6.45) is 1.99. The number of carbonyl (C=O) groups excluding carboxylic acids is 1. The van der Waals surface area contributed by atoms with Crippen molar-refractivity contribution in [2.45, 2.75) is 31.8 Å². The number of Topliss-reactive ketones (excluding diaryl/α,β-unsaturated/α-hetero) is 1. The lowest BCUT2D eigenvalue weighted by molar-refractivity contribution is -0.116. The van der Waals surface area contributed by atoms with Crippen LogP contribution in [0.5, 0.6) is 5.75 Å². The Kier molecular flexibility index (Phi) is 7.11. The zero-order chi connectivity index (χ0) is 23.9. The number of nitriles is 1. The summed E-state index contributed by atoms with van der Waals surface area (Å²) in [5.41, 5.74) is 9.88. The average Bonchev–Trinajstić information content (AvgIpc) is 2.78. The van der Waals surface area contributed by atoms with Crippen molar-refractivity contribution < 1.29 is 9.53 Å². The molecule has 2 aromatic rings. The molecule has 1 aliphatic carbocycles. The van der Waals surface area contributed by atoms with Crippen molar-refractivity contribution in [3.8, 4) is 11.8 Å². The van der Waals surface area contributed by atoms with Gasteiger partial charge in [-0.2, -0.15) is 5.26 Å². The number of hydrogen-bond donors (Lipinski definition) is 1. The Balaban J connectivity index is 1.71. The summed E-state index contributed by atoms with van der Waals surface area (Å²) in [4.78, 5) is 14.7. The summed E-state index contributed by atoms with van der Waals surface area (Å²) in [5, 5.41) is 10.9. The Morgan fingerprint density at radius 2 is 1.88 bits per heavy atom. The van der Waals surface area contributed by atoms with Gasteiger partial charge in [0, 0.05) is 24.7 Å². The van der Waals surface area contributed by atoms with Crippen molar-refractivity contribution in [1.29, 1.82) is 5.26 Å². The minimum Gasteiger partial charge on any atom is -0.487 e. The van der Waals surface area contributed by atoms with Crippen LogP contribution in [0.3, 0.4) is 0 Å². The Morgan fingerprint density at radius 3 is 2.52 bits per heavy atom. The van der Waals surface area contributed by atoms with E-state index >= 15 is 0 Å². The lowest BCUT2D eigenvalue weighted by Crippen LogP contribution is -2.36. The van der Waals surface area contributed by atoms with Gasteiger partial charge in [-0.3, -0.25) is 4.79 Å². The number of carbonyl (C=O) groups is 1. The van der Waals surface area contributed by atoms with E-state index in [4.69, 9.17) is 33.7 Å². The molecule has 5 nitrogen and oxygen atoms in total. The van der Waals surface area contributed by atoms with Gasteiger partial charge in [0.15, 0.2) is 5.78 Å². The SMILES string of the molecule is CN1C(N)=C(C#N)[C@H](c2cc(Br)c(OCc3ccc(Cl)c(Cl)c3)c(Br)c2)C2=C1CCCC2=O. The Labute approximate surface area is 219 Å². The smallest absolute Gasteiger partial charge is 0.161 e. The Bertz CT molecular complexity index is 1240. The van der Waals surface area contributed by atoms with Gasteiger partial charge < -0.3 is 15.4 Å². The van der Waals surface area contributed by atoms with Crippen LogP contribution in [-0.4, -0.2) is 17.7 Å². The highest BCUT2D eigenvalue weighted by molar-refractivity contribution is 9.11. The van der Waals surface area contributed by atoms with E-state index in [-0.39, 0.29) is 12.4 Å². The summed E-state index contributed by atoms with van der Waals surface area (Å²) >= 11 is 19.3. The van der Waals surface area contributed by atoms with Crippen molar-refractivity contribution in [3.05, 3.63) is 83.1 Å². The van der Waals surface area contributed by atoms with Crippen LogP contribution in [0.2, 0.25) is 10.0 Å². The van der Waals surface area contributed by atoms with Crippen LogP contribution >= 0.6 is 55.1 Å². The molecule has 0 fully saturated rings. The molecule has 1 heterocycles. The molecule has 0 saturated heterocycles. The van der Waals surface area contributed by atoms with Gasteiger partial charge in [-0.1, -0.05) is 29.3 Å². The molecule has 2 N–H and O–H groups in total. The second-order valence-corrected chi connectivity index (χ2v) is 10.4. The fraction of sp³-hybridized carbons (Fsp3) is 0.250. The summed E-state index contributed by atoms with van der Waals surface area (Å²) in [5.74, 6) is 0.506. The molecule has 0 aromatic heterocycles. The van der Waals surface area contributed by atoms with E-state index in [1.54, 1.807) is 17.0 Å². The van der Waals surface area contributed by atoms with Crippen molar-refractivity contribution in [2.24, 2.45) is 5.73 Å². The van der Waals surface area contributed by atoms with E-state index in [9.17, 15) is 10.1 Å². The first-order chi connectivity index (χ1) is 15.7. The molecule has 9 heteroatoms. The first-order valence-electron chi connectivity index (χ1n) is 10.2. The third-order valence-electron chi connectivity index (χ3n) is 5.89. The second kappa shape index (κ2) is 9.71. The van der Waals surface area contributed by atoms with Crippen LogP contribution in [0.25, 0.3) is 0 Å². The molecule has 1 aliphatic heterocycles. The number of ketones is 1. The maximum absolute atomic E-state index is 12.9. The topological polar surface area (TPSA) is 79.3 Å². The van der Waals surface area contributed by atoms with Gasteiger partial charge in [0.2, 0.25) is 0 Å². The molecule has 1 atom stereocenters. The fourth-order valence-corrected chi connectivity index (χ4v) is 6.04. The van der Waals surface area contributed by atoms with E-state index < -0.39 is 5.92 Å². The molecule has 2 aliphatic rings. The van der Waals surface area contributed by atoms with Gasteiger partial charge in [-0.15, -0.1) is 0 Å². The number of halogens is 4. The van der Waals surface area contributed by atoms with Crippen molar-refractivity contribution in [2.75, 3.05) is 7.05 Å². The first-order valence-corrected chi connectivity index (χ1v) is 12.5. The Hall–Kier alpha value is -1.98. The van der Waals surface area contributed by atoms with Crippen molar-refractivity contribution in [1.82, 2.24) is 4.90 Å². The van der Waals surface area contributed by atoms with Crippen LogP contribution in [0.1, 0.15) is 36.3 Å². The van der Waals surface area contributed by atoms with Crippen LogP contribution < -0.4 is 10.5 Å². The molecule has 170 valence electrons. The van der Waals surface area contributed by atoms with E-state index in [0.717, 1.165) is 29.7 Å². The molecule has 0 spiro atoms. The van der Waals surface area contributed by atoms with Gasteiger partial charge in [0.1, 0.15) is 18.2 Å². The standard InChI is InChI=1S/C24H19Br2Cl2N3O2/c1-31-19-3-2-4-20(32)22(19)21(14(10-29)24(31)30)13-8-15(25)23(16(26)9-13)33-11-12-5-6-17(27)18(28)7-12/h5-9,21H,2-4,11,30H2,1H3/t21-/m0/s1. The maximum Gasteiger partial charge on any atom is 0.161 e. The van der Waals surface area contributed by atoms with Crippen LogP contribution in [-0.2, 0) is 11.4 Å². The lowest BCUT2D eigenvalue weighted by Gasteiger charge is -2.37. The number of ether oxygens (including phenoxy) is 1. The van der Waals surface area contributed by atoms with Gasteiger partial charge in [-0.05, 0) is 80.1 Å². The van der Waals surface area contributed by atoms with E-state index in [0.29, 0.717) is 48.1 Å². The highest BCUT2D eigenvalue weighted by Gasteiger charge is 2.39. The highest BCUT2D eigenvalue weighted by atomic mass is 79.9. The third kappa shape index (κ3) is 4.54. The minimum atomic E-state index is -0.522. The van der Waals surface area contributed by atoms with E-state index in [1.807, 2.05) is 25.2 Å². The van der Waals surface area contributed by atoms with Gasteiger partial charge in [-0.25, -0.2) is 0 Å². The molecule has 4 rings (SSSR count). The third-order valence-corrected chi connectivity index (χ3v) is 7.81. The summed E-state index contributed by atoms with van der Waals surface area (Å²) in [6.45, 7) is 0.283. The normalized spacial score (nSPS) is 18.4. The predicted octanol–water partition coefficient (Wildman–Crippen LogP) is 6.83. The molecule has 0 saturated carbocycles. The monoisotopic (exact) mass is 609 g/mol. The number of rotatable bonds is 4. The maximum atomic E-state index is 12.9. The number of hydrogen-bond acceptors (Lipinski definition) is 5. The van der Waals surface area contributed by atoms with Crippen molar-refractivity contribution >= 4 is 60.8 Å². The number of benzene rings is 2. The number of nitrogens with two attached hydrogens (primary N) is 1. The molecular formula is C24H19Br2Cl2N3O2. The molecule has 2 aromatic carbocycles. The highest BCUT2D eigenvalue weighted by Crippen LogP contribution is 2.47. The van der Waals surface area contributed by atoms with Crippen LogP contribution in [0.4, 0.5) is 0 Å². The molecule has 0 unspecified atom stereocenters. The zero-order valence-electron chi connectivity index (χ0n) is 17.6. The molecule has 0 bridgehead atoms. The molecule has 0 radical (unpaired) electrons. The fourth-order valence-electron chi connectivity index (χ4n) is 4.27. The van der Waals surface area contributed by atoms with Crippen LogP contribution in [0, 0.1) is 11.3 Å². The lowest BCUT2D eigenvalue weighted by atomic mass is 9.76. The van der Waals surface area contributed by atoms with Gasteiger partial charge in [0.05, 0.1) is 36.6 Å². The number of nitrogens with zero attached hydrogens (tertiary/aromatic N) is 2. The zero-order valence-corrected chi connectivity index (χ0v) is 22.3. The number of allylic oxidation sites excluding steroid dienone is 3. The van der Waals surface area contributed by atoms with E-state index in [1.165, 1.54) is 0 Å². The van der Waals surface area contributed by atoms with E-state index in [2.05, 4.69) is 37.9 Å². The van der Waals surface area contributed by atoms with Crippen LogP contribution in [0.15, 0.2) is 61.9 Å². The van der Waals surface area contributed by atoms with Crippen molar-refractivity contribution in [3.63, 3.8) is 0 Å². The molecular weight excluding hydrogens is 593 g/mol. The quantitative estimate of drug-likeness (QED) is 0.410. The predicted molar refractivity (Wildman–Crippen MR) is 136 cm³/mol. The average molecular weight is 612 g/mol. The largest absolute Gasteiger partial charge is 0.487 e. The Morgan fingerprint density at radius 1 is 1.18 bits per heavy atom. The van der Waals surface area contributed by atoms with Gasteiger partial charge >= 0.3 is 0 Å². The molecule has 33 heavy (non-hydrogen) atoms. The second-order valence-electron chi connectivity index (χ2n) is 7.89. The summed E-state index contributed by atoms with van der Waals surface area (Å²) < 4.78 is 7.40. The first kappa shape index (κ1) is 24.2. The van der Waals surface area contributed by atoms with Gasteiger partial charge in [0.25, 0.3) is 0 Å².